The first-order valence-corrected chi connectivity index (χ1v) is 14.6. The summed E-state index contributed by atoms with van der Waals surface area (Å²) in [5.41, 5.74) is 9.88. The number of hydrogen-bond acceptors (Lipinski definition) is 6. The van der Waals surface area contributed by atoms with E-state index in [1.54, 1.807) is 0 Å². The number of nitrogens with zero attached hydrogens (tertiary/aromatic N) is 3. The van der Waals surface area contributed by atoms with Gasteiger partial charge in [0.05, 0.1) is 18.0 Å². The molecule has 5 rings (SSSR count). The zero-order chi connectivity index (χ0) is 27.4. The topological polar surface area (TPSA) is 103 Å². The Morgan fingerprint density at radius 2 is 1.97 bits per heavy atom. The lowest BCUT2D eigenvalue weighted by Gasteiger charge is -2.45. The van der Waals surface area contributed by atoms with E-state index in [-0.39, 0.29) is 17.6 Å². The molecule has 1 aromatic heterocycles. The predicted molar refractivity (Wildman–Crippen MR) is 153 cm³/mol. The third-order valence-electron chi connectivity index (χ3n) is 8.75. The Balaban J connectivity index is 1.21. The van der Waals surface area contributed by atoms with E-state index in [9.17, 15) is 4.79 Å². The van der Waals surface area contributed by atoms with E-state index in [0.29, 0.717) is 38.1 Å². The summed E-state index contributed by atoms with van der Waals surface area (Å²) >= 11 is 6.13. The van der Waals surface area contributed by atoms with Gasteiger partial charge in [-0.3, -0.25) is 14.4 Å². The maximum absolute atomic E-state index is 13.2. The minimum Gasteiger partial charge on any atom is -0.365 e. The van der Waals surface area contributed by atoms with Crippen LogP contribution in [-0.4, -0.2) is 64.1 Å². The fourth-order valence-corrected chi connectivity index (χ4v) is 6.27. The number of benzene rings is 1. The Morgan fingerprint density at radius 1 is 1.23 bits per heavy atom. The first-order chi connectivity index (χ1) is 18.9. The maximum Gasteiger partial charge on any atom is 0.250 e. The van der Waals surface area contributed by atoms with E-state index in [2.05, 4.69) is 52.1 Å². The Labute approximate surface area is 237 Å². The number of amides is 1. The molecular weight excluding hydrogens is 512 g/mol. The summed E-state index contributed by atoms with van der Waals surface area (Å²) in [6.45, 7) is 3.83. The number of aryl methyl sites for hydroxylation is 2. The lowest BCUT2D eigenvalue weighted by Crippen LogP contribution is -2.58. The highest BCUT2D eigenvalue weighted by Crippen LogP contribution is 2.36. The van der Waals surface area contributed by atoms with E-state index >= 15 is 0 Å². The predicted octanol–water partition coefficient (Wildman–Crippen LogP) is 3.44. The molecule has 1 amide bonds. The van der Waals surface area contributed by atoms with Crippen LogP contribution in [0.2, 0.25) is 5.02 Å². The highest BCUT2D eigenvalue weighted by Gasteiger charge is 2.41. The Kier molecular flexibility index (Phi) is 8.95. The molecular formula is C30H41ClN6O2. The molecule has 2 atom stereocenters. The van der Waals surface area contributed by atoms with Crippen LogP contribution in [0, 0.1) is 19.3 Å². The van der Waals surface area contributed by atoms with Crippen LogP contribution in [-0.2, 0) is 23.0 Å². The van der Waals surface area contributed by atoms with E-state index in [0.717, 1.165) is 50.0 Å². The normalized spacial score (nSPS) is 26.6. The minimum absolute atomic E-state index is 0.0321. The van der Waals surface area contributed by atoms with Crippen LogP contribution in [0.3, 0.4) is 0 Å². The van der Waals surface area contributed by atoms with Crippen LogP contribution in [0.15, 0.2) is 30.3 Å². The molecule has 0 spiro atoms. The molecule has 1 aliphatic carbocycles. The van der Waals surface area contributed by atoms with Gasteiger partial charge >= 0.3 is 0 Å². The van der Waals surface area contributed by atoms with Crippen molar-refractivity contribution in [2.24, 2.45) is 7.05 Å². The Hall–Kier alpha value is -2.41. The number of carbonyl (C=O) groups is 1. The minimum atomic E-state index is -0.468. The zero-order valence-electron chi connectivity index (χ0n) is 23.1. The highest BCUT2D eigenvalue weighted by atomic mass is 35.5. The van der Waals surface area contributed by atoms with Crippen LogP contribution in [0.25, 0.3) is 0 Å². The van der Waals surface area contributed by atoms with Gasteiger partial charge < -0.3 is 10.1 Å². The largest absolute Gasteiger partial charge is 0.365 e. The lowest BCUT2D eigenvalue weighted by atomic mass is 9.82. The number of ether oxygens (including phenoxy) is 1. The van der Waals surface area contributed by atoms with Crippen LogP contribution >= 0.6 is 11.6 Å². The van der Waals surface area contributed by atoms with Gasteiger partial charge in [0.2, 0.25) is 5.91 Å². The third kappa shape index (κ3) is 7.03. The van der Waals surface area contributed by atoms with Crippen molar-refractivity contribution in [3.05, 3.63) is 52.3 Å². The third-order valence-corrected chi connectivity index (χ3v) is 9.01. The molecule has 39 heavy (non-hydrogen) atoms. The highest BCUT2D eigenvalue weighted by molar-refractivity contribution is 6.30. The fraction of sp³-hybridized carbons (Fsp3) is 0.600. The van der Waals surface area contributed by atoms with E-state index in [4.69, 9.17) is 27.9 Å². The Bertz CT molecular complexity index is 1140. The number of nitrogens with one attached hydrogen (secondary N) is 3. The van der Waals surface area contributed by atoms with Crippen molar-refractivity contribution in [3.63, 3.8) is 0 Å². The standard InChI is InChI=1S/C30H41ClN6O2/c1-4-5-14-30(34-35-30)15-16-32-29(38)28-19-37(26(20-39-28)18-22-6-10-24(31)11-7-22)25-12-8-23(9-13-25)27-17-21(2)36(3)33-27/h1,6-7,10-11,17,23,25-26,28,34-35H,5,8-9,12-16,18-20H2,2-3H3,(H,32,38)/t23?,25?,26-,28+/m0/s1. The van der Waals surface area contributed by atoms with Crippen molar-refractivity contribution in [3.8, 4) is 12.3 Å². The van der Waals surface area contributed by atoms with Crippen molar-refractivity contribution in [2.45, 2.75) is 88.1 Å². The second kappa shape index (κ2) is 12.4. The Morgan fingerprint density at radius 3 is 2.62 bits per heavy atom. The number of hydrogen-bond donors (Lipinski definition) is 3. The first-order valence-electron chi connectivity index (χ1n) is 14.2. The number of carbonyl (C=O) groups excluding carboxylic acids is 1. The molecule has 210 valence electrons. The van der Waals surface area contributed by atoms with Crippen molar-refractivity contribution >= 4 is 17.5 Å². The van der Waals surface area contributed by atoms with Crippen LogP contribution < -0.4 is 16.2 Å². The van der Waals surface area contributed by atoms with Gasteiger partial charge in [-0.1, -0.05) is 23.7 Å². The molecule has 9 heteroatoms. The van der Waals surface area contributed by atoms with Gasteiger partial charge in [0.1, 0.15) is 6.10 Å². The monoisotopic (exact) mass is 552 g/mol. The van der Waals surface area contributed by atoms with Gasteiger partial charge in [-0.25, -0.2) is 10.9 Å². The van der Waals surface area contributed by atoms with Gasteiger partial charge in [-0.15, -0.1) is 12.3 Å². The molecule has 3 N–H and O–H groups in total. The molecule has 0 radical (unpaired) electrons. The van der Waals surface area contributed by atoms with E-state index < -0.39 is 6.10 Å². The molecule has 0 unspecified atom stereocenters. The van der Waals surface area contributed by atoms with Gasteiger partial charge in [0.15, 0.2) is 0 Å². The average Bonchev–Trinajstić information content (AvgIpc) is 3.64. The van der Waals surface area contributed by atoms with Crippen molar-refractivity contribution in [1.82, 2.24) is 30.8 Å². The molecule has 2 aromatic rings. The molecule has 3 fully saturated rings. The summed E-state index contributed by atoms with van der Waals surface area (Å²) in [5.74, 6) is 3.16. The van der Waals surface area contributed by atoms with Crippen LogP contribution in [0.5, 0.6) is 0 Å². The number of morpholine rings is 1. The average molecular weight is 553 g/mol. The van der Waals surface area contributed by atoms with Crippen molar-refractivity contribution in [2.75, 3.05) is 19.7 Å². The molecule has 3 aliphatic rings. The number of rotatable bonds is 10. The van der Waals surface area contributed by atoms with Crippen molar-refractivity contribution in [1.29, 1.82) is 0 Å². The molecule has 2 saturated heterocycles. The zero-order valence-corrected chi connectivity index (χ0v) is 23.8. The van der Waals surface area contributed by atoms with Gasteiger partial charge in [0, 0.05) is 55.3 Å². The van der Waals surface area contributed by atoms with Crippen LogP contribution in [0.1, 0.15) is 67.8 Å². The molecule has 1 aromatic carbocycles. The summed E-state index contributed by atoms with van der Waals surface area (Å²) in [7, 11) is 2.01. The molecule has 0 bridgehead atoms. The molecule has 3 heterocycles. The summed E-state index contributed by atoms with van der Waals surface area (Å²) in [5, 5.41) is 8.60. The number of halogens is 1. The summed E-state index contributed by atoms with van der Waals surface area (Å²) in [4.78, 5) is 15.7. The SMILES string of the molecule is C#CCCC1(CCNC(=O)[C@H]2CN(C3CCC(c4cc(C)n(C)n4)CC3)[C@@H](Cc3ccc(Cl)cc3)CO2)NN1. The second-order valence-electron chi connectivity index (χ2n) is 11.4. The first kappa shape index (κ1) is 28.1. The summed E-state index contributed by atoms with van der Waals surface area (Å²) < 4.78 is 8.16. The van der Waals surface area contributed by atoms with Gasteiger partial charge in [-0.2, -0.15) is 5.10 Å². The van der Waals surface area contributed by atoms with E-state index in [1.807, 2.05) is 23.9 Å². The summed E-state index contributed by atoms with van der Waals surface area (Å²) in [6, 6.07) is 11.0. The van der Waals surface area contributed by atoms with E-state index in [1.165, 1.54) is 17.0 Å². The van der Waals surface area contributed by atoms with Gasteiger partial charge in [0.25, 0.3) is 0 Å². The fourth-order valence-electron chi connectivity index (χ4n) is 6.14. The van der Waals surface area contributed by atoms with Crippen LogP contribution in [0.4, 0.5) is 0 Å². The maximum atomic E-state index is 13.2. The number of terminal acetylenes is 1. The lowest BCUT2D eigenvalue weighted by molar-refractivity contribution is -0.145. The van der Waals surface area contributed by atoms with Gasteiger partial charge in [-0.05, 0) is 75.6 Å². The second-order valence-corrected chi connectivity index (χ2v) is 11.9. The molecule has 2 aliphatic heterocycles. The van der Waals surface area contributed by atoms with Crippen molar-refractivity contribution < 1.29 is 9.53 Å². The number of aromatic nitrogens is 2. The molecule has 1 saturated carbocycles. The quantitative estimate of drug-likeness (QED) is 0.308. The summed E-state index contributed by atoms with van der Waals surface area (Å²) in [6.07, 6.45) is 12.6. The number of hydrazine groups is 1. The molecule has 8 nitrogen and oxygen atoms in total. The smallest absolute Gasteiger partial charge is 0.250 e.